The van der Waals surface area contributed by atoms with Crippen LogP contribution in [0.25, 0.3) is 49.7 Å². The van der Waals surface area contributed by atoms with Crippen LogP contribution in [0.2, 0.25) is 0 Å². The van der Waals surface area contributed by atoms with Gasteiger partial charge in [0.25, 0.3) is 0 Å². The van der Waals surface area contributed by atoms with Gasteiger partial charge in [0.15, 0.2) is 0 Å². The van der Waals surface area contributed by atoms with Crippen LogP contribution in [0.4, 0.5) is 11.6 Å². The number of hydrogen-bond acceptors (Lipinski definition) is 10. The van der Waals surface area contributed by atoms with Crippen molar-refractivity contribution in [2.45, 2.75) is 0 Å². The third-order valence-electron chi connectivity index (χ3n) is 9.44. The first-order valence-corrected chi connectivity index (χ1v) is 18.9. The van der Waals surface area contributed by atoms with Gasteiger partial charge in [-0.05, 0) is 41.5 Å². The first-order valence-electron chi connectivity index (χ1n) is 18.1. The Labute approximate surface area is 326 Å². The number of morpholine rings is 2. The maximum absolute atomic E-state index is 5.44. The van der Waals surface area contributed by atoms with Gasteiger partial charge in [0.1, 0.15) is 11.6 Å². The molecule has 0 bridgehead atoms. The van der Waals surface area contributed by atoms with Crippen molar-refractivity contribution in [2.24, 2.45) is 14.1 Å². The van der Waals surface area contributed by atoms with Crippen LogP contribution < -0.4 is 9.80 Å². The summed E-state index contributed by atoms with van der Waals surface area (Å²) in [5, 5.41) is 22.2. The molecule has 2 fully saturated rings. The lowest BCUT2D eigenvalue weighted by Crippen LogP contribution is -2.36. The molecule has 0 unspecified atom stereocenters. The van der Waals surface area contributed by atoms with Crippen molar-refractivity contribution < 1.29 is 9.47 Å². The SMILES string of the molecule is Brc1ccnc(N2CCOCC2)c1.Cn1cc(-c2ccc3cn[nH]c3c2)cn1.Cn1cc(-c2ccc3cnn(-c4ccnc(N5CCOCC5)c4)c3c2)cn1. The second-order valence-corrected chi connectivity index (χ2v) is 14.1. The van der Waals surface area contributed by atoms with Crippen molar-refractivity contribution >= 4 is 49.4 Å². The normalized spacial score (nSPS) is 14.4. The molecule has 0 saturated carbocycles. The van der Waals surface area contributed by atoms with E-state index in [0.717, 1.165) is 118 Å². The first-order chi connectivity index (χ1) is 27.0. The van der Waals surface area contributed by atoms with E-state index in [9.17, 15) is 0 Å². The van der Waals surface area contributed by atoms with E-state index in [1.54, 1.807) is 4.68 Å². The summed E-state index contributed by atoms with van der Waals surface area (Å²) in [6, 6.07) is 20.6. The topological polar surface area (TPSA) is 133 Å². The number of aromatic nitrogens is 10. The number of fused-ring (bicyclic) bond motifs is 2. The van der Waals surface area contributed by atoms with Crippen molar-refractivity contribution in [1.29, 1.82) is 0 Å². The molecule has 0 radical (unpaired) electrons. The van der Waals surface area contributed by atoms with E-state index < -0.39 is 0 Å². The fourth-order valence-corrected chi connectivity index (χ4v) is 6.85. The number of H-pyrrole nitrogens is 1. The molecule has 14 nitrogen and oxygen atoms in total. The van der Waals surface area contributed by atoms with E-state index in [0.29, 0.717) is 0 Å². The molecule has 15 heteroatoms. The van der Waals surface area contributed by atoms with Crippen LogP contribution >= 0.6 is 15.9 Å². The third kappa shape index (κ3) is 8.59. The smallest absolute Gasteiger partial charge is 0.130 e. The molecule has 8 heterocycles. The molecular weight excluding hydrogens is 760 g/mol. The molecule has 6 aromatic heterocycles. The number of pyridine rings is 2. The Kier molecular flexibility index (Phi) is 10.9. The minimum atomic E-state index is 0.741. The standard InChI is InChI=1S/C20H20N6O.C11H10N4.C9H11BrN2O/c1-24-14-17(13-22-24)15-2-3-16-12-23-26(19(16)10-15)18-4-5-21-20(11-18)25-6-8-27-9-7-25;1-15-7-10(6-13-15)8-2-3-9-5-12-14-11(9)4-8;10-8-1-2-11-9(7-8)12-3-5-13-6-4-12/h2-5,10-14H,6-9H2,1H3;2-7H,1H3,(H,12,14);1-2,7H,3-6H2. The van der Waals surface area contributed by atoms with Gasteiger partial charge in [0, 0.05) is 97.5 Å². The molecule has 2 saturated heterocycles. The lowest BCUT2D eigenvalue weighted by molar-refractivity contribution is 0.122. The molecule has 1 N–H and O–H groups in total. The third-order valence-corrected chi connectivity index (χ3v) is 9.93. The van der Waals surface area contributed by atoms with E-state index in [4.69, 9.17) is 9.47 Å². The van der Waals surface area contributed by atoms with E-state index in [-0.39, 0.29) is 0 Å². The number of anilines is 2. The van der Waals surface area contributed by atoms with Gasteiger partial charge in [-0.25, -0.2) is 14.6 Å². The summed E-state index contributed by atoms with van der Waals surface area (Å²) in [4.78, 5) is 13.3. The maximum atomic E-state index is 5.44. The molecule has 55 heavy (non-hydrogen) atoms. The van der Waals surface area contributed by atoms with Crippen molar-refractivity contribution in [3.8, 4) is 27.9 Å². The number of nitrogens with one attached hydrogen (secondary N) is 1. The summed E-state index contributed by atoms with van der Waals surface area (Å²) >= 11 is 3.43. The van der Waals surface area contributed by atoms with E-state index in [1.807, 2.05) is 91.2 Å². The van der Waals surface area contributed by atoms with Crippen molar-refractivity contribution in [3.63, 3.8) is 0 Å². The van der Waals surface area contributed by atoms with Gasteiger partial charge in [-0.2, -0.15) is 20.4 Å². The van der Waals surface area contributed by atoms with Crippen LogP contribution in [0, 0.1) is 0 Å². The number of halogens is 1. The van der Waals surface area contributed by atoms with Crippen LogP contribution in [0.3, 0.4) is 0 Å². The minimum absolute atomic E-state index is 0.741. The molecule has 0 atom stereocenters. The van der Waals surface area contributed by atoms with Gasteiger partial charge >= 0.3 is 0 Å². The van der Waals surface area contributed by atoms with Crippen LogP contribution in [0.5, 0.6) is 0 Å². The van der Waals surface area contributed by atoms with E-state index in [2.05, 4.69) is 104 Å². The molecular formula is C40H41BrN12O2. The summed E-state index contributed by atoms with van der Waals surface area (Å²) in [5.41, 5.74) is 7.61. The maximum Gasteiger partial charge on any atom is 0.130 e. The predicted octanol–water partition coefficient (Wildman–Crippen LogP) is 6.30. The highest BCUT2D eigenvalue weighted by Gasteiger charge is 2.15. The quantitative estimate of drug-likeness (QED) is 0.212. The molecule has 280 valence electrons. The summed E-state index contributed by atoms with van der Waals surface area (Å²) in [6.45, 7) is 6.67. The van der Waals surface area contributed by atoms with Crippen LogP contribution in [0.1, 0.15) is 0 Å². The molecule has 0 aliphatic carbocycles. The zero-order valence-electron chi connectivity index (χ0n) is 30.7. The number of benzene rings is 2. The second kappa shape index (κ2) is 16.6. The number of nitrogens with zero attached hydrogens (tertiary/aromatic N) is 11. The molecule has 2 aromatic carbocycles. The molecule has 8 aromatic rings. The summed E-state index contributed by atoms with van der Waals surface area (Å²) < 4.78 is 17.4. The van der Waals surface area contributed by atoms with Gasteiger partial charge in [0.05, 0.1) is 67.9 Å². The Morgan fingerprint density at radius 2 is 1.20 bits per heavy atom. The predicted molar refractivity (Wildman–Crippen MR) is 217 cm³/mol. The number of rotatable bonds is 5. The lowest BCUT2D eigenvalue weighted by Gasteiger charge is -2.28. The van der Waals surface area contributed by atoms with Crippen molar-refractivity contribution in [1.82, 2.24) is 49.5 Å². The summed E-state index contributed by atoms with van der Waals surface area (Å²) in [5.74, 6) is 1.99. The van der Waals surface area contributed by atoms with Gasteiger partial charge in [-0.15, -0.1) is 0 Å². The molecule has 0 amide bonds. The van der Waals surface area contributed by atoms with E-state index >= 15 is 0 Å². The monoisotopic (exact) mass is 800 g/mol. The fourth-order valence-electron chi connectivity index (χ4n) is 6.52. The Morgan fingerprint density at radius 3 is 1.82 bits per heavy atom. The Bertz CT molecular complexity index is 2490. The number of ether oxygens (including phenoxy) is 2. The zero-order chi connectivity index (χ0) is 37.6. The van der Waals surface area contributed by atoms with Gasteiger partial charge in [-0.3, -0.25) is 14.5 Å². The largest absolute Gasteiger partial charge is 0.378 e. The van der Waals surface area contributed by atoms with E-state index in [1.165, 1.54) is 0 Å². The van der Waals surface area contributed by atoms with Crippen LogP contribution in [0.15, 0.2) is 115 Å². The highest BCUT2D eigenvalue weighted by molar-refractivity contribution is 9.10. The highest BCUT2D eigenvalue weighted by atomic mass is 79.9. The van der Waals surface area contributed by atoms with Crippen LogP contribution in [-0.4, -0.2) is 102 Å². The first kappa shape index (κ1) is 36.1. The van der Waals surface area contributed by atoms with Gasteiger partial charge in [-0.1, -0.05) is 40.2 Å². The number of hydrogen-bond donors (Lipinski definition) is 1. The lowest BCUT2D eigenvalue weighted by atomic mass is 10.1. The Morgan fingerprint density at radius 1 is 0.600 bits per heavy atom. The van der Waals surface area contributed by atoms with Gasteiger partial charge < -0.3 is 19.3 Å². The molecule has 10 rings (SSSR count). The zero-order valence-corrected chi connectivity index (χ0v) is 32.2. The van der Waals surface area contributed by atoms with Crippen molar-refractivity contribution in [3.05, 3.63) is 115 Å². The Hall–Kier alpha value is -5.90. The summed E-state index contributed by atoms with van der Waals surface area (Å²) in [7, 11) is 3.84. The highest BCUT2D eigenvalue weighted by Crippen LogP contribution is 2.27. The Balaban J connectivity index is 0.000000129. The molecule has 2 aliphatic rings. The average Bonchev–Trinajstić information content (AvgIpc) is 4.06. The van der Waals surface area contributed by atoms with Gasteiger partial charge in [0.2, 0.25) is 0 Å². The fraction of sp³-hybridized carbons (Fsp3) is 0.250. The number of aromatic amines is 1. The second-order valence-electron chi connectivity index (χ2n) is 13.2. The number of aryl methyl sites for hydroxylation is 2. The molecule has 0 spiro atoms. The van der Waals surface area contributed by atoms with Crippen molar-refractivity contribution in [2.75, 3.05) is 62.4 Å². The minimum Gasteiger partial charge on any atom is -0.378 e. The van der Waals surface area contributed by atoms with Crippen LogP contribution in [-0.2, 0) is 23.6 Å². The average molecular weight is 802 g/mol. The molecule has 2 aliphatic heterocycles. The summed E-state index contributed by atoms with van der Waals surface area (Å²) in [6.07, 6.45) is 15.1.